The second kappa shape index (κ2) is 5.36. The second-order valence-electron chi connectivity index (χ2n) is 5.36. The fraction of sp³-hybridized carbons (Fsp3) is 0.692. The Hall–Kier alpha value is -0.940. The molecule has 4 nitrogen and oxygen atoms in total. The molecule has 0 spiro atoms. The van der Waals surface area contributed by atoms with E-state index in [9.17, 15) is 4.79 Å². The first kappa shape index (κ1) is 13.5. The van der Waals surface area contributed by atoms with Crippen molar-refractivity contribution in [2.45, 2.75) is 33.1 Å². The zero-order valence-corrected chi connectivity index (χ0v) is 11.8. The lowest BCUT2D eigenvalue weighted by molar-refractivity contribution is 0.0935. The molecule has 0 radical (unpaired) electrons. The van der Waals surface area contributed by atoms with Crippen LogP contribution in [0.1, 0.15) is 42.2 Å². The monoisotopic (exact) mass is 267 g/mol. The van der Waals surface area contributed by atoms with Gasteiger partial charge in [-0.25, -0.2) is 4.98 Å². The molecule has 1 aliphatic carbocycles. The third-order valence-corrected chi connectivity index (χ3v) is 4.77. The molecule has 0 unspecified atom stereocenters. The van der Waals surface area contributed by atoms with E-state index < -0.39 is 0 Å². The van der Waals surface area contributed by atoms with Gasteiger partial charge in [-0.15, -0.1) is 11.3 Å². The van der Waals surface area contributed by atoms with Crippen LogP contribution in [-0.4, -0.2) is 24.0 Å². The fourth-order valence-electron chi connectivity index (χ4n) is 2.12. The molecule has 2 rings (SSSR count). The number of nitrogens with one attached hydrogen (secondary N) is 1. The molecular weight excluding hydrogens is 246 g/mol. The van der Waals surface area contributed by atoms with Crippen molar-refractivity contribution in [2.24, 2.45) is 17.1 Å². The van der Waals surface area contributed by atoms with E-state index >= 15 is 0 Å². The Balaban J connectivity index is 1.87. The van der Waals surface area contributed by atoms with Crippen LogP contribution in [0, 0.1) is 11.3 Å². The SMILES string of the molecule is CC(C)C1(CNC(=O)c2csc(CCN)n2)CC1. The van der Waals surface area contributed by atoms with Crippen molar-refractivity contribution in [2.75, 3.05) is 13.1 Å². The van der Waals surface area contributed by atoms with Crippen LogP contribution >= 0.6 is 11.3 Å². The van der Waals surface area contributed by atoms with Gasteiger partial charge in [0.15, 0.2) is 0 Å². The molecule has 1 heterocycles. The maximum atomic E-state index is 12.0. The van der Waals surface area contributed by atoms with Crippen LogP contribution in [0.3, 0.4) is 0 Å². The van der Waals surface area contributed by atoms with Gasteiger partial charge in [-0.3, -0.25) is 4.79 Å². The quantitative estimate of drug-likeness (QED) is 0.826. The Morgan fingerprint density at radius 3 is 2.89 bits per heavy atom. The number of hydrogen-bond acceptors (Lipinski definition) is 4. The minimum atomic E-state index is -0.0542. The lowest BCUT2D eigenvalue weighted by Crippen LogP contribution is -2.32. The lowest BCUT2D eigenvalue weighted by atomic mass is 9.92. The zero-order valence-electron chi connectivity index (χ0n) is 11.0. The van der Waals surface area contributed by atoms with E-state index in [1.165, 1.54) is 24.2 Å². The van der Waals surface area contributed by atoms with Crippen LogP contribution in [0.25, 0.3) is 0 Å². The van der Waals surface area contributed by atoms with Crippen molar-refractivity contribution in [3.8, 4) is 0 Å². The second-order valence-corrected chi connectivity index (χ2v) is 6.31. The first-order valence-electron chi connectivity index (χ1n) is 6.50. The molecule has 1 fully saturated rings. The van der Waals surface area contributed by atoms with Gasteiger partial charge in [0.2, 0.25) is 0 Å². The number of aromatic nitrogens is 1. The molecule has 0 saturated heterocycles. The highest BCUT2D eigenvalue weighted by Crippen LogP contribution is 2.51. The average molecular weight is 267 g/mol. The summed E-state index contributed by atoms with van der Waals surface area (Å²) < 4.78 is 0. The van der Waals surface area contributed by atoms with Gasteiger partial charge >= 0.3 is 0 Å². The van der Waals surface area contributed by atoms with E-state index in [1.807, 2.05) is 5.38 Å². The minimum absolute atomic E-state index is 0.0542. The minimum Gasteiger partial charge on any atom is -0.350 e. The number of carbonyl (C=O) groups is 1. The summed E-state index contributed by atoms with van der Waals surface area (Å²) in [7, 11) is 0. The summed E-state index contributed by atoms with van der Waals surface area (Å²) >= 11 is 1.51. The van der Waals surface area contributed by atoms with Crippen molar-refractivity contribution < 1.29 is 4.79 Å². The molecule has 1 aromatic heterocycles. The Kier molecular flexibility index (Phi) is 4.02. The normalized spacial score (nSPS) is 16.9. The highest BCUT2D eigenvalue weighted by molar-refractivity contribution is 7.09. The van der Waals surface area contributed by atoms with Gasteiger partial charge in [0, 0.05) is 18.3 Å². The maximum Gasteiger partial charge on any atom is 0.270 e. The van der Waals surface area contributed by atoms with E-state index in [0.29, 0.717) is 23.6 Å². The zero-order chi connectivity index (χ0) is 13.2. The largest absolute Gasteiger partial charge is 0.350 e. The number of rotatable bonds is 6. The van der Waals surface area contributed by atoms with Crippen LogP contribution < -0.4 is 11.1 Å². The molecular formula is C13H21N3OS. The van der Waals surface area contributed by atoms with Gasteiger partial charge in [0.1, 0.15) is 5.69 Å². The molecule has 1 amide bonds. The van der Waals surface area contributed by atoms with Crippen LogP contribution in [0.2, 0.25) is 0 Å². The van der Waals surface area contributed by atoms with Crippen molar-refractivity contribution in [1.29, 1.82) is 0 Å². The van der Waals surface area contributed by atoms with Crippen molar-refractivity contribution >= 4 is 17.2 Å². The first-order chi connectivity index (χ1) is 8.57. The topological polar surface area (TPSA) is 68.0 Å². The first-order valence-corrected chi connectivity index (χ1v) is 7.38. The average Bonchev–Trinajstić information content (AvgIpc) is 3.00. The molecule has 5 heteroatoms. The van der Waals surface area contributed by atoms with E-state index in [0.717, 1.165) is 18.0 Å². The van der Waals surface area contributed by atoms with Crippen molar-refractivity contribution in [3.63, 3.8) is 0 Å². The molecule has 1 saturated carbocycles. The Labute approximate surface area is 112 Å². The molecule has 3 N–H and O–H groups in total. The molecule has 18 heavy (non-hydrogen) atoms. The van der Waals surface area contributed by atoms with Gasteiger partial charge in [0.05, 0.1) is 5.01 Å². The molecule has 0 aliphatic heterocycles. The summed E-state index contributed by atoms with van der Waals surface area (Å²) in [4.78, 5) is 16.3. The van der Waals surface area contributed by atoms with E-state index in [-0.39, 0.29) is 5.91 Å². The maximum absolute atomic E-state index is 12.0. The van der Waals surface area contributed by atoms with Gasteiger partial charge in [-0.1, -0.05) is 13.8 Å². The summed E-state index contributed by atoms with van der Waals surface area (Å²) in [6, 6.07) is 0. The summed E-state index contributed by atoms with van der Waals surface area (Å²) in [5.74, 6) is 0.572. The van der Waals surface area contributed by atoms with Crippen LogP contribution in [0.4, 0.5) is 0 Å². The number of nitrogens with two attached hydrogens (primary N) is 1. The number of amides is 1. The molecule has 0 atom stereocenters. The lowest BCUT2D eigenvalue weighted by Gasteiger charge is -2.19. The number of hydrogen-bond donors (Lipinski definition) is 2. The number of carbonyl (C=O) groups excluding carboxylic acids is 1. The summed E-state index contributed by atoms with van der Waals surface area (Å²) in [6.07, 6.45) is 3.19. The molecule has 0 bridgehead atoms. The van der Waals surface area contributed by atoms with Crippen molar-refractivity contribution in [3.05, 3.63) is 16.1 Å². The smallest absolute Gasteiger partial charge is 0.270 e. The third-order valence-electron chi connectivity index (χ3n) is 3.86. The van der Waals surface area contributed by atoms with Crippen LogP contribution in [0.15, 0.2) is 5.38 Å². The van der Waals surface area contributed by atoms with E-state index in [1.54, 1.807) is 0 Å². The van der Waals surface area contributed by atoms with E-state index in [4.69, 9.17) is 5.73 Å². The summed E-state index contributed by atoms with van der Waals surface area (Å²) in [5, 5.41) is 5.76. The number of nitrogens with zero attached hydrogens (tertiary/aromatic N) is 1. The molecule has 1 aromatic rings. The standard InChI is InChI=1S/C13H21N3OS/c1-9(2)13(4-5-13)8-15-12(17)10-7-18-11(16-10)3-6-14/h7,9H,3-6,8,14H2,1-2H3,(H,15,17). The Morgan fingerprint density at radius 1 is 1.61 bits per heavy atom. The van der Waals surface area contributed by atoms with E-state index in [2.05, 4.69) is 24.1 Å². The Bertz CT molecular complexity index is 424. The summed E-state index contributed by atoms with van der Waals surface area (Å²) in [6.45, 7) is 5.79. The molecule has 0 aromatic carbocycles. The summed E-state index contributed by atoms with van der Waals surface area (Å²) in [5.41, 5.74) is 6.34. The van der Waals surface area contributed by atoms with Gasteiger partial charge in [-0.05, 0) is 30.7 Å². The van der Waals surface area contributed by atoms with Crippen molar-refractivity contribution in [1.82, 2.24) is 10.3 Å². The van der Waals surface area contributed by atoms with Gasteiger partial charge in [-0.2, -0.15) is 0 Å². The number of thiazole rings is 1. The third kappa shape index (κ3) is 2.90. The highest BCUT2D eigenvalue weighted by Gasteiger charge is 2.45. The van der Waals surface area contributed by atoms with Crippen LogP contribution in [-0.2, 0) is 6.42 Å². The fourth-order valence-corrected chi connectivity index (χ4v) is 2.91. The molecule has 1 aliphatic rings. The highest BCUT2D eigenvalue weighted by atomic mass is 32.1. The van der Waals surface area contributed by atoms with Crippen LogP contribution in [0.5, 0.6) is 0 Å². The van der Waals surface area contributed by atoms with Gasteiger partial charge < -0.3 is 11.1 Å². The Morgan fingerprint density at radius 2 is 2.33 bits per heavy atom. The molecule has 100 valence electrons. The predicted octanol–water partition coefficient (Wildman–Crippen LogP) is 1.81. The van der Waals surface area contributed by atoms with Gasteiger partial charge in [0.25, 0.3) is 5.91 Å². The predicted molar refractivity (Wildman–Crippen MR) is 73.7 cm³/mol.